The second kappa shape index (κ2) is 7.23. The van der Waals surface area contributed by atoms with Gasteiger partial charge in [-0.05, 0) is 60.3 Å². The van der Waals surface area contributed by atoms with Crippen molar-refractivity contribution in [2.45, 2.75) is 39.2 Å². The van der Waals surface area contributed by atoms with Gasteiger partial charge in [-0.2, -0.15) is 0 Å². The molecule has 3 nitrogen and oxygen atoms in total. The summed E-state index contributed by atoms with van der Waals surface area (Å²) in [5.41, 5.74) is 1.88. The monoisotopic (exact) mass is 338 g/mol. The maximum absolute atomic E-state index is 12.8. The molecule has 1 aromatic rings. The molecule has 0 bridgehead atoms. The molecule has 20 heavy (non-hydrogen) atoms. The number of halogens is 1. The Bertz CT molecular complexity index is 470. The van der Waals surface area contributed by atoms with Gasteiger partial charge in [0.1, 0.15) is 0 Å². The lowest BCUT2D eigenvalue weighted by Crippen LogP contribution is -2.41. The average Bonchev–Trinajstić information content (AvgIpc) is 2.94. The third-order valence-electron chi connectivity index (χ3n) is 3.81. The molecule has 1 N–H and O–H groups in total. The number of nitrogens with one attached hydrogen (secondary N) is 1. The Morgan fingerprint density at radius 3 is 2.95 bits per heavy atom. The third-order valence-corrected chi connectivity index (χ3v) is 4.86. The zero-order valence-corrected chi connectivity index (χ0v) is 13.9. The molecule has 1 fully saturated rings. The molecule has 1 aliphatic heterocycles. The lowest BCUT2D eigenvalue weighted by molar-refractivity contribution is 0.0741. The normalized spacial score (nSPS) is 18.2. The van der Waals surface area contributed by atoms with Crippen molar-refractivity contribution in [2.24, 2.45) is 0 Å². The van der Waals surface area contributed by atoms with E-state index in [2.05, 4.69) is 28.2 Å². The summed E-state index contributed by atoms with van der Waals surface area (Å²) in [5, 5.41) is 3.47. The predicted octanol–water partition coefficient (Wildman–Crippen LogP) is 3.36. The van der Waals surface area contributed by atoms with Gasteiger partial charge >= 0.3 is 0 Å². The highest BCUT2D eigenvalue weighted by Gasteiger charge is 2.23. The zero-order chi connectivity index (χ0) is 14.5. The van der Waals surface area contributed by atoms with Crippen LogP contribution in [0.3, 0.4) is 0 Å². The van der Waals surface area contributed by atoms with E-state index in [1.165, 1.54) is 12.8 Å². The maximum Gasteiger partial charge on any atom is 0.255 e. The van der Waals surface area contributed by atoms with Gasteiger partial charge in [0.15, 0.2) is 0 Å². The second-order valence-corrected chi connectivity index (χ2v) is 6.27. The van der Waals surface area contributed by atoms with Crippen molar-refractivity contribution >= 4 is 21.8 Å². The van der Waals surface area contributed by atoms with Crippen LogP contribution in [0.5, 0.6) is 0 Å². The molecular weight excluding hydrogens is 316 g/mol. The fourth-order valence-electron chi connectivity index (χ4n) is 2.71. The maximum atomic E-state index is 12.8. The van der Waals surface area contributed by atoms with Crippen molar-refractivity contribution in [2.75, 3.05) is 19.6 Å². The Morgan fingerprint density at radius 1 is 1.50 bits per heavy atom. The fourth-order valence-corrected chi connectivity index (χ4v) is 3.14. The molecule has 0 aliphatic carbocycles. The largest absolute Gasteiger partial charge is 0.337 e. The minimum atomic E-state index is 0.135. The van der Waals surface area contributed by atoms with E-state index in [1.54, 1.807) is 0 Å². The summed E-state index contributed by atoms with van der Waals surface area (Å²) >= 11 is 3.55. The Balaban J connectivity index is 2.14. The topological polar surface area (TPSA) is 32.3 Å². The Hall–Kier alpha value is -0.870. The fraction of sp³-hybridized carbons (Fsp3) is 0.562. The van der Waals surface area contributed by atoms with Crippen LogP contribution in [0.15, 0.2) is 22.7 Å². The highest BCUT2D eigenvalue weighted by atomic mass is 79.9. The smallest absolute Gasteiger partial charge is 0.255 e. The first-order chi connectivity index (χ1) is 9.63. The van der Waals surface area contributed by atoms with E-state index in [0.29, 0.717) is 6.04 Å². The quantitative estimate of drug-likeness (QED) is 0.892. The third kappa shape index (κ3) is 3.61. The Kier molecular flexibility index (Phi) is 5.61. The van der Waals surface area contributed by atoms with E-state index in [1.807, 2.05) is 30.0 Å². The van der Waals surface area contributed by atoms with E-state index < -0.39 is 0 Å². The number of rotatable bonds is 5. The molecule has 1 saturated heterocycles. The molecule has 0 aromatic heterocycles. The van der Waals surface area contributed by atoms with Crippen LogP contribution in [-0.2, 0) is 0 Å². The Labute approximate surface area is 129 Å². The van der Waals surface area contributed by atoms with Crippen molar-refractivity contribution < 1.29 is 4.79 Å². The van der Waals surface area contributed by atoms with Gasteiger partial charge in [-0.3, -0.25) is 4.79 Å². The van der Waals surface area contributed by atoms with Crippen LogP contribution in [-0.4, -0.2) is 36.5 Å². The average molecular weight is 339 g/mol. The van der Waals surface area contributed by atoms with Gasteiger partial charge in [0, 0.05) is 23.6 Å². The SMILES string of the molecule is CCCN(CC1CCCN1)C(=O)c1cccc(C)c1Br. The number of benzene rings is 1. The molecule has 2 rings (SSSR count). The summed E-state index contributed by atoms with van der Waals surface area (Å²) in [4.78, 5) is 14.8. The van der Waals surface area contributed by atoms with E-state index in [-0.39, 0.29) is 5.91 Å². The van der Waals surface area contributed by atoms with Crippen LogP contribution >= 0.6 is 15.9 Å². The van der Waals surface area contributed by atoms with Gasteiger partial charge in [0.2, 0.25) is 0 Å². The molecule has 1 atom stereocenters. The van der Waals surface area contributed by atoms with Gasteiger partial charge < -0.3 is 10.2 Å². The van der Waals surface area contributed by atoms with Gasteiger partial charge in [0.25, 0.3) is 5.91 Å². The highest BCUT2D eigenvalue weighted by molar-refractivity contribution is 9.10. The zero-order valence-electron chi connectivity index (χ0n) is 12.3. The van der Waals surface area contributed by atoms with E-state index in [0.717, 1.165) is 41.7 Å². The van der Waals surface area contributed by atoms with E-state index >= 15 is 0 Å². The first kappa shape index (κ1) is 15.5. The molecule has 1 amide bonds. The minimum Gasteiger partial charge on any atom is -0.337 e. The summed E-state index contributed by atoms with van der Waals surface area (Å²) in [6.45, 7) is 6.84. The number of aryl methyl sites for hydroxylation is 1. The van der Waals surface area contributed by atoms with Crippen LogP contribution in [0.2, 0.25) is 0 Å². The standard InChI is InChI=1S/C16H23BrN2O/c1-3-10-19(11-13-7-5-9-18-13)16(20)14-8-4-6-12(2)15(14)17/h4,6,8,13,18H,3,5,7,9-11H2,1-2H3. The molecule has 0 radical (unpaired) electrons. The number of hydrogen-bond donors (Lipinski definition) is 1. The number of amides is 1. The van der Waals surface area contributed by atoms with Gasteiger partial charge in [-0.1, -0.05) is 19.1 Å². The minimum absolute atomic E-state index is 0.135. The predicted molar refractivity (Wildman–Crippen MR) is 86.1 cm³/mol. The molecule has 0 spiro atoms. The molecular formula is C16H23BrN2O. The number of carbonyl (C=O) groups is 1. The van der Waals surface area contributed by atoms with Crippen molar-refractivity contribution in [3.8, 4) is 0 Å². The molecule has 1 aromatic carbocycles. The summed E-state index contributed by atoms with van der Waals surface area (Å²) in [5.74, 6) is 0.135. The summed E-state index contributed by atoms with van der Waals surface area (Å²) in [6.07, 6.45) is 3.37. The summed E-state index contributed by atoms with van der Waals surface area (Å²) in [7, 11) is 0. The van der Waals surface area contributed by atoms with Gasteiger partial charge in [-0.25, -0.2) is 0 Å². The molecule has 0 saturated carbocycles. The van der Waals surface area contributed by atoms with Crippen molar-refractivity contribution in [3.05, 3.63) is 33.8 Å². The molecule has 110 valence electrons. The second-order valence-electron chi connectivity index (χ2n) is 5.48. The van der Waals surface area contributed by atoms with Crippen molar-refractivity contribution in [1.29, 1.82) is 0 Å². The first-order valence-corrected chi connectivity index (χ1v) is 8.20. The van der Waals surface area contributed by atoms with Gasteiger partial charge in [0.05, 0.1) is 5.56 Å². The number of carbonyl (C=O) groups excluding carboxylic acids is 1. The lowest BCUT2D eigenvalue weighted by atomic mass is 10.1. The molecule has 1 unspecified atom stereocenters. The van der Waals surface area contributed by atoms with Crippen LogP contribution in [0.25, 0.3) is 0 Å². The highest BCUT2D eigenvalue weighted by Crippen LogP contribution is 2.23. The lowest BCUT2D eigenvalue weighted by Gasteiger charge is -2.26. The molecule has 1 heterocycles. The van der Waals surface area contributed by atoms with E-state index in [4.69, 9.17) is 0 Å². The molecule has 1 aliphatic rings. The van der Waals surface area contributed by atoms with Crippen LogP contribution in [0.1, 0.15) is 42.1 Å². The van der Waals surface area contributed by atoms with Crippen LogP contribution < -0.4 is 5.32 Å². The first-order valence-electron chi connectivity index (χ1n) is 7.41. The molecule has 4 heteroatoms. The number of hydrogen-bond acceptors (Lipinski definition) is 2. The van der Waals surface area contributed by atoms with Crippen molar-refractivity contribution in [3.63, 3.8) is 0 Å². The summed E-state index contributed by atoms with van der Waals surface area (Å²) < 4.78 is 0.922. The van der Waals surface area contributed by atoms with Crippen LogP contribution in [0, 0.1) is 6.92 Å². The van der Waals surface area contributed by atoms with Gasteiger partial charge in [-0.15, -0.1) is 0 Å². The van der Waals surface area contributed by atoms with Crippen LogP contribution in [0.4, 0.5) is 0 Å². The van der Waals surface area contributed by atoms with E-state index in [9.17, 15) is 4.79 Å². The van der Waals surface area contributed by atoms with Crippen molar-refractivity contribution in [1.82, 2.24) is 10.2 Å². The Morgan fingerprint density at radius 2 is 2.30 bits per heavy atom. The number of nitrogens with zero attached hydrogens (tertiary/aromatic N) is 1. The summed E-state index contributed by atoms with van der Waals surface area (Å²) in [6, 6.07) is 6.33.